The highest BCUT2D eigenvalue weighted by Gasteiger charge is 2.50. The second kappa shape index (κ2) is 10.7. The van der Waals surface area contributed by atoms with E-state index in [0.717, 1.165) is 44.9 Å². The Labute approximate surface area is 184 Å². The van der Waals surface area contributed by atoms with Crippen molar-refractivity contribution < 1.29 is 33.5 Å². The van der Waals surface area contributed by atoms with E-state index in [9.17, 15) is 14.8 Å². The summed E-state index contributed by atoms with van der Waals surface area (Å²) in [5.41, 5.74) is -0.241. The first kappa shape index (κ1) is 23.8. The Balaban J connectivity index is 1.84. The van der Waals surface area contributed by atoms with Gasteiger partial charge in [-0.3, -0.25) is 10.0 Å². The molecule has 1 saturated heterocycles. The van der Waals surface area contributed by atoms with Crippen LogP contribution >= 0.6 is 0 Å². The van der Waals surface area contributed by atoms with E-state index >= 15 is 0 Å². The van der Waals surface area contributed by atoms with Gasteiger partial charge in [-0.2, -0.15) is 0 Å². The average molecular weight is 440 g/mol. The van der Waals surface area contributed by atoms with Crippen molar-refractivity contribution in [2.45, 2.75) is 97.6 Å². The number of carbonyl (C=O) groups is 2. The first-order valence-electron chi connectivity index (χ1n) is 11.8. The van der Waals surface area contributed by atoms with Crippen LogP contribution in [0.1, 0.15) is 79.1 Å². The molecule has 0 unspecified atom stereocenters. The van der Waals surface area contributed by atoms with E-state index in [1.165, 1.54) is 0 Å². The topological polar surface area (TPSA) is 97.1 Å². The summed E-state index contributed by atoms with van der Waals surface area (Å²) >= 11 is 0. The van der Waals surface area contributed by atoms with Gasteiger partial charge in [-0.15, -0.1) is 0 Å². The number of cyclic esters (lactones) is 1. The first-order chi connectivity index (χ1) is 14.8. The minimum absolute atomic E-state index is 0.0959. The summed E-state index contributed by atoms with van der Waals surface area (Å²) in [4.78, 5) is 30.7. The van der Waals surface area contributed by atoms with Gasteiger partial charge >= 0.3 is 17.7 Å². The SMILES string of the molecule is CCOC(=O)/C([C@@H]1CC(=O)O[C@H]1O[C@H]1C[C@@H](C)CC[C@@H]1C(C)C)=[N+](/[O-])OC1CCCC1. The van der Waals surface area contributed by atoms with Crippen LogP contribution in [-0.2, 0) is 28.6 Å². The van der Waals surface area contributed by atoms with Gasteiger partial charge < -0.3 is 19.0 Å². The van der Waals surface area contributed by atoms with E-state index in [4.69, 9.17) is 19.0 Å². The largest absolute Gasteiger partial charge is 0.458 e. The van der Waals surface area contributed by atoms with Crippen LogP contribution in [0.25, 0.3) is 0 Å². The summed E-state index contributed by atoms with van der Waals surface area (Å²) in [6.07, 6.45) is 5.12. The van der Waals surface area contributed by atoms with E-state index in [1.54, 1.807) is 6.92 Å². The van der Waals surface area contributed by atoms with Crippen LogP contribution in [0.2, 0.25) is 0 Å². The van der Waals surface area contributed by atoms with Crippen molar-refractivity contribution in [3.8, 4) is 0 Å². The highest BCUT2D eigenvalue weighted by Crippen LogP contribution is 2.38. The Bertz CT molecular complexity index is 671. The lowest BCUT2D eigenvalue weighted by Gasteiger charge is -2.38. The number of hydrogen-bond acceptors (Lipinski definition) is 7. The van der Waals surface area contributed by atoms with Crippen LogP contribution in [0.5, 0.6) is 0 Å². The second-order valence-corrected chi connectivity index (χ2v) is 9.54. The molecule has 8 nitrogen and oxygen atoms in total. The summed E-state index contributed by atoms with van der Waals surface area (Å²) in [7, 11) is 0. The van der Waals surface area contributed by atoms with Gasteiger partial charge in [0.15, 0.2) is 0 Å². The first-order valence-corrected chi connectivity index (χ1v) is 11.8. The molecule has 2 saturated carbocycles. The summed E-state index contributed by atoms with van der Waals surface area (Å²) in [6, 6.07) is 0. The third-order valence-corrected chi connectivity index (χ3v) is 6.81. The third kappa shape index (κ3) is 5.90. The standard InChI is InChI=1S/C23H37NO7/c1-5-28-22(26)21(24(27)31-16-8-6-7-9-16)18-13-20(25)30-23(18)29-19-12-15(4)10-11-17(19)14(2)3/h14-19,23H,5-13H2,1-4H3/b24-21-/t15-,17+,18-,19-,23+/m0/s1. The Hall–Kier alpha value is -1.83. The molecular weight excluding hydrogens is 402 g/mol. The average Bonchev–Trinajstić information content (AvgIpc) is 3.32. The van der Waals surface area contributed by atoms with Crippen molar-refractivity contribution in [1.82, 2.24) is 0 Å². The summed E-state index contributed by atoms with van der Waals surface area (Å²) in [6.45, 7) is 8.31. The molecule has 0 aromatic carbocycles. The fourth-order valence-electron chi connectivity index (χ4n) is 5.08. The molecule has 1 aliphatic heterocycles. The van der Waals surface area contributed by atoms with E-state index in [1.807, 2.05) is 0 Å². The fourth-order valence-corrected chi connectivity index (χ4v) is 5.08. The van der Waals surface area contributed by atoms with Gasteiger partial charge in [0.2, 0.25) is 6.29 Å². The highest BCUT2D eigenvalue weighted by atomic mass is 16.9. The Morgan fingerprint density at radius 2 is 1.94 bits per heavy atom. The number of esters is 2. The number of carbonyl (C=O) groups excluding carboxylic acids is 2. The molecule has 8 heteroatoms. The molecule has 5 atom stereocenters. The Morgan fingerprint density at radius 1 is 1.23 bits per heavy atom. The molecule has 31 heavy (non-hydrogen) atoms. The molecule has 176 valence electrons. The van der Waals surface area contributed by atoms with Crippen LogP contribution in [-0.4, -0.2) is 47.7 Å². The van der Waals surface area contributed by atoms with Crippen LogP contribution in [0.15, 0.2) is 0 Å². The molecule has 0 amide bonds. The Morgan fingerprint density at radius 3 is 2.58 bits per heavy atom. The van der Waals surface area contributed by atoms with E-state index in [0.29, 0.717) is 17.8 Å². The van der Waals surface area contributed by atoms with E-state index < -0.39 is 24.1 Å². The summed E-state index contributed by atoms with van der Waals surface area (Å²) in [5, 5.41) is 12.9. The molecule has 3 rings (SSSR count). The maximum absolute atomic E-state index is 12.9. The maximum atomic E-state index is 12.9. The van der Waals surface area contributed by atoms with Crippen LogP contribution in [0.4, 0.5) is 0 Å². The molecule has 0 aromatic heterocycles. The van der Waals surface area contributed by atoms with Crippen LogP contribution in [0.3, 0.4) is 0 Å². The van der Waals surface area contributed by atoms with Crippen molar-refractivity contribution in [3.63, 3.8) is 0 Å². The highest BCUT2D eigenvalue weighted by molar-refractivity contribution is 6.35. The summed E-state index contributed by atoms with van der Waals surface area (Å²) in [5.74, 6) is -0.870. The van der Waals surface area contributed by atoms with Crippen molar-refractivity contribution in [3.05, 3.63) is 5.21 Å². The smallest absolute Gasteiger partial charge is 0.405 e. The zero-order chi connectivity index (χ0) is 22.5. The molecule has 0 radical (unpaired) electrons. The fraction of sp³-hybridized carbons (Fsp3) is 0.870. The van der Waals surface area contributed by atoms with Crippen LogP contribution in [0, 0.1) is 28.9 Å². The van der Waals surface area contributed by atoms with Crippen LogP contribution < -0.4 is 0 Å². The molecular formula is C23H37NO7. The van der Waals surface area contributed by atoms with Crippen molar-refractivity contribution >= 4 is 17.7 Å². The van der Waals surface area contributed by atoms with Gasteiger partial charge in [0, 0.05) is 4.90 Å². The monoisotopic (exact) mass is 439 g/mol. The molecule has 0 bridgehead atoms. The van der Waals surface area contributed by atoms with E-state index in [-0.39, 0.29) is 35.8 Å². The molecule has 3 aliphatic rings. The van der Waals surface area contributed by atoms with Gasteiger partial charge in [0.25, 0.3) is 0 Å². The second-order valence-electron chi connectivity index (χ2n) is 9.54. The van der Waals surface area contributed by atoms with Crippen molar-refractivity contribution in [2.24, 2.45) is 23.7 Å². The zero-order valence-corrected chi connectivity index (χ0v) is 19.2. The van der Waals surface area contributed by atoms with E-state index in [2.05, 4.69) is 20.8 Å². The predicted molar refractivity (Wildman–Crippen MR) is 113 cm³/mol. The molecule has 2 aliphatic carbocycles. The minimum Gasteiger partial charge on any atom is -0.458 e. The number of rotatable bonds is 8. The molecule has 1 heterocycles. The normalized spacial score (nSPS) is 32.7. The van der Waals surface area contributed by atoms with Crippen molar-refractivity contribution in [1.29, 1.82) is 0 Å². The number of nitrogens with zero attached hydrogens (tertiary/aromatic N) is 1. The molecule has 0 aromatic rings. The predicted octanol–water partition coefficient (Wildman–Crippen LogP) is 3.74. The molecule has 0 N–H and O–H groups in total. The lowest BCUT2D eigenvalue weighted by atomic mass is 9.75. The maximum Gasteiger partial charge on any atom is 0.405 e. The van der Waals surface area contributed by atoms with Gasteiger partial charge in [-0.1, -0.05) is 40.0 Å². The Kier molecular flexibility index (Phi) is 8.19. The summed E-state index contributed by atoms with van der Waals surface area (Å²) < 4.78 is 16.9. The quantitative estimate of drug-likeness (QED) is 0.246. The van der Waals surface area contributed by atoms with Gasteiger partial charge in [0.1, 0.15) is 5.92 Å². The number of ether oxygens (including phenoxy) is 3. The molecule has 3 fully saturated rings. The lowest BCUT2D eigenvalue weighted by Crippen LogP contribution is -2.43. The molecule has 0 spiro atoms. The zero-order valence-electron chi connectivity index (χ0n) is 19.2. The van der Waals surface area contributed by atoms with Gasteiger partial charge in [-0.25, -0.2) is 4.79 Å². The van der Waals surface area contributed by atoms with Crippen molar-refractivity contribution in [2.75, 3.05) is 6.61 Å². The van der Waals surface area contributed by atoms with Gasteiger partial charge in [-0.05, 0) is 50.4 Å². The number of hydrogen-bond donors (Lipinski definition) is 0. The third-order valence-electron chi connectivity index (χ3n) is 6.81. The van der Waals surface area contributed by atoms with Gasteiger partial charge in [0.05, 0.1) is 25.2 Å². The minimum atomic E-state index is -0.993. The lowest BCUT2D eigenvalue weighted by molar-refractivity contribution is -0.753.